The van der Waals surface area contributed by atoms with E-state index in [0.29, 0.717) is 22.9 Å². The van der Waals surface area contributed by atoms with Gasteiger partial charge in [-0.3, -0.25) is 4.79 Å². The molecule has 1 N–H and O–H groups in total. The van der Waals surface area contributed by atoms with Crippen LogP contribution in [0, 0.1) is 13.8 Å². The fourth-order valence-corrected chi connectivity index (χ4v) is 2.54. The van der Waals surface area contributed by atoms with Crippen LogP contribution in [0.15, 0.2) is 54.9 Å². The molecule has 0 aliphatic carbocycles. The maximum Gasteiger partial charge on any atom is 0.259 e. The number of nitrogens with one attached hydrogen (secondary N) is 1. The molecule has 0 aliphatic heterocycles. The summed E-state index contributed by atoms with van der Waals surface area (Å²) in [5, 5.41) is 2.84. The molecule has 0 atom stereocenters. The Morgan fingerprint density at radius 2 is 1.85 bits per heavy atom. The number of amides is 1. The van der Waals surface area contributed by atoms with E-state index in [-0.39, 0.29) is 5.91 Å². The maximum absolute atomic E-state index is 12.5. The highest BCUT2D eigenvalue weighted by Gasteiger charge is 2.14. The van der Waals surface area contributed by atoms with Gasteiger partial charge in [0.25, 0.3) is 5.91 Å². The number of rotatable bonds is 5. The van der Waals surface area contributed by atoms with Crippen molar-refractivity contribution in [3.05, 3.63) is 71.5 Å². The lowest BCUT2D eigenvalue weighted by atomic mass is 10.1. The number of hydrogen-bond donors (Lipinski definition) is 1. The number of benzene rings is 1. The van der Waals surface area contributed by atoms with Crippen LogP contribution in [0.5, 0.6) is 11.6 Å². The molecular weight excluding hydrogens is 340 g/mol. The molecule has 0 radical (unpaired) electrons. The predicted molar refractivity (Wildman–Crippen MR) is 107 cm³/mol. The smallest absolute Gasteiger partial charge is 0.259 e. The second-order valence-electron chi connectivity index (χ2n) is 6.46. The van der Waals surface area contributed by atoms with Crippen molar-refractivity contribution in [2.75, 3.05) is 24.3 Å². The van der Waals surface area contributed by atoms with Crippen LogP contribution >= 0.6 is 0 Å². The lowest BCUT2D eigenvalue weighted by Crippen LogP contribution is -2.19. The Hall–Kier alpha value is -3.41. The van der Waals surface area contributed by atoms with E-state index >= 15 is 0 Å². The van der Waals surface area contributed by atoms with Gasteiger partial charge < -0.3 is 15.0 Å². The summed E-state index contributed by atoms with van der Waals surface area (Å²) < 4.78 is 5.77. The van der Waals surface area contributed by atoms with Crippen LogP contribution in [0.2, 0.25) is 0 Å². The third-order valence-electron chi connectivity index (χ3n) is 4.15. The molecule has 0 unspecified atom stereocenters. The third-order valence-corrected chi connectivity index (χ3v) is 4.15. The number of carbonyl (C=O) groups is 1. The Morgan fingerprint density at radius 3 is 2.52 bits per heavy atom. The average Bonchev–Trinajstić information content (AvgIpc) is 2.66. The molecule has 2 aromatic heterocycles. The molecule has 27 heavy (non-hydrogen) atoms. The normalized spacial score (nSPS) is 10.4. The summed E-state index contributed by atoms with van der Waals surface area (Å²) in [6, 6.07) is 12.8. The van der Waals surface area contributed by atoms with Crippen LogP contribution in [0.3, 0.4) is 0 Å². The van der Waals surface area contributed by atoms with Gasteiger partial charge in [0.2, 0.25) is 5.88 Å². The lowest BCUT2D eigenvalue weighted by Gasteiger charge is -2.15. The Kier molecular flexibility index (Phi) is 5.35. The van der Waals surface area contributed by atoms with E-state index in [1.807, 2.05) is 39.2 Å². The molecule has 0 saturated carbocycles. The van der Waals surface area contributed by atoms with Gasteiger partial charge in [0, 0.05) is 26.4 Å². The van der Waals surface area contributed by atoms with Crippen molar-refractivity contribution in [1.82, 2.24) is 9.97 Å². The standard InChI is InChI=1S/C21H22N4O2/c1-14-7-9-17(12-15(14)2)27-19-10-8-16(13-23-19)24-21(26)18-6-5-11-22-20(18)25(3)4/h5-13H,1-4H3,(H,24,26). The fraction of sp³-hybridized carbons (Fsp3) is 0.190. The van der Waals surface area contributed by atoms with Crippen LogP contribution < -0.4 is 15.0 Å². The second kappa shape index (κ2) is 7.86. The molecule has 0 fully saturated rings. The van der Waals surface area contributed by atoms with Gasteiger partial charge in [0.15, 0.2) is 0 Å². The number of aromatic nitrogens is 2. The van der Waals surface area contributed by atoms with E-state index in [1.165, 1.54) is 5.56 Å². The minimum Gasteiger partial charge on any atom is -0.439 e. The lowest BCUT2D eigenvalue weighted by molar-refractivity contribution is 0.102. The first-order valence-corrected chi connectivity index (χ1v) is 8.59. The number of anilines is 2. The molecule has 138 valence electrons. The number of aryl methyl sites for hydroxylation is 2. The van der Waals surface area contributed by atoms with Crippen LogP contribution in [0.1, 0.15) is 21.5 Å². The summed E-state index contributed by atoms with van der Waals surface area (Å²) in [4.78, 5) is 22.9. The van der Waals surface area contributed by atoms with Crippen LogP contribution in [-0.2, 0) is 0 Å². The highest BCUT2D eigenvalue weighted by Crippen LogP contribution is 2.23. The van der Waals surface area contributed by atoms with Crippen molar-refractivity contribution in [1.29, 1.82) is 0 Å². The van der Waals surface area contributed by atoms with Crippen molar-refractivity contribution < 1.29 is 9.53 Å². The first kappa shape index (κ1) is 18.4. The number of nitrogens with zero attached hydrogens (tertiary/aromatic N) is 3. The molecule has 0 spiro atoms. The van der Waals surface area contributed by atoms with Crippen molar-refractivity contribution in [2.24, 2.45) is 0 Å². The zero-order valence-electron chi connectivity index (χ0n) is 15.9. The molecule has 6 heteroatoms. The summed E-state index contributed by atoms with van der Waals surface area (Å²) in [5.74, 6) is 1.56. The van der Waals surface area contributed by atoms with Gasteiger partial charge in [0.1, 0.15) is 11.6 Å². The third kappa shape index (κ3) is 4.41. The van der Waals surface area contributed by atoms with Gasteiger partial charge in [-0.15, -0.1) is 0 Å². The number of hydrogen-bond acceptors (Lipinski definition) is 5. The molecule has 3 aromatic rings. The van der Waals surface area contributed by atoms with Gasteiger partial charge in [-0.25, -0.2) is 9.97 Å². The number of pyridine rings is 2. The van der Waals surface area contributed by atoms with Gasteiger partial charge in [-0.05, 0) is 55.3 Å². The molecule has 6 nitrogen and oxygen atoms in total. The molecule has 3 rings (SSSR count). The second-order valence-corrected chi connectivity index (χ2v) is 6.46. The Labute approximate surface area is 158 Å². The maximum atomic E-state index is 12.5. The fourth-order valence-electron chi connectivity index (χ4n) is 2.54. The topological polar surface area (TPSA) is 67.3 Å². The van der Waals surface area contributed by atoms with Gasteiger partial charge in [-0.2, -0.15) is 0 Å². The monoisotopic (exact) mass is 362 g/mol. The van der Waals surface area contributed by atoms with E-state index in [9.17, 15) is 4.79 Å². The highest BCUT2D eigenvalue weighted by molar-refractivity contribution is 6.07. The molecule has 0 aliphatic rings. The SMILES string of the molecule is Cc1ccc(Oc2ccc(NC(=O)c3cccnc3N(C)C)cn2)cc1C. The summed E-state index contributed by atoms with van der Waals surface area (Å²) in [6.07, 6.45) is 3.23. The largest absolute Gasteiger partial charge is 0.439 e. The summed E-state index contributed by atoms with van der Waals surface area (Å²) in [7, 11) is 3.69. The van der Waals surface area contributed by atoms with E-state index in [2.05, 4.69) is 22.2 Å². The molecule has 1 aromatic carbocycles. The first-order chi connectivity index (χ1) is 12.9. The van der Waals surface area contributed by atoms with Crippen molar-refractivity contribution in [3.63, 3.8) is 0 Å². The minimum atomic E-state index is -0.239. The van der Waals surface area contributed by atoms with Crippen LogP contribution in [-0.4, -0.2) is 30.0 Å². The molecule has 0 saturated heterocycles. The molecular formula is C21H22N4O2. The van der Waals surface area contributed by atoms with Gasteiger partial charge in [-0.1, -0.05) is 6.07 Å². The zero-order chi connectivity index (χ0) is 19.4. The predicted octanol–water partition coefficient (Wildman–Crippen LogP) is 4.20. The van der Waals surface area contributed by atoms with Crippen LogP contribution in [0.4, 0.5) is 11.5 Å². The van der Waals surface area contributed by atoms with E-state index in [0.717, 1.165) is 11.3 Å². The molecule has 1 amide bonds. The van der Waals surface area contributed by atoms with Crippen molar-refractivity contribution in [3.8, 4) is 11.6 Å². The van der Waals surface area contributed by atoms with Crippen molar-refractivity contribution in [2.45, 2.75) is 13.8 Å². The highest BCUT2D eigenvalue weighted by atomic mass is 16.5. The Balaban J connectivity index is 1.70. The summed E-state index contributed by atoms with van der Waals surface area (Å²) in [6.45, 7) is 4.09. The molecule has 2 heterocycles. The summed E-state index contributed by atoms with van der Waals surface area (Å²) in [5.41, 5.74) is 3.45. The number of carbonyl (C=O) groups excluding carboxylic acids is 1. The van der Waals surface area contributed by atoms with E-state index in [1.54, 1.807) is 41.6 Å². The van der Waals surface area contributed by atoms with Crippen molar-refractivity contribution >= 4 is 17.4 Å². The van der Waals surface area contributed by atoms with E-state index in [4.69, 9.17) is 4.74 Å². The quantitative estimate of drug-likeness (QED) is 0.737. The average molecular weight is 362 g/mol. The number of ether oxygens (including phenoxy) is 1. The van der Waals surface area contributed by atoms with Gasteiger partial charge in [0.05, 0.1) is 17.4 Å². The zero-order valence-corrected chi connectivity index (χ0v) is 15.9. The minimum absolute atomic E-state index is 0.239. The summed E-state index contributed by atoms with van der Waals surface area (Å²) >= 11 is 0. The van der Waals surface area contributed by atoms with Gasteiger partial charge >= 0.3 is 0 Å². The Bertz CT molecular complexity index is 953. The molecule has 0 bridgehead atoms. The van der Waals surface area contributed by atoms with E-state index < -0.39 is 0 Å². The first-order valence-electron chi connectivity index (χ1n) is 8.59. The van der Waals surface area contributed by atoms with Crippen LogP contribution in [0.25, 0.3) is 0 Å². The Morgan fingerprint density at radius 1 is 1.04 bits per heavy atom.